The minimum Gasteiger partial charge on any atom is -0.445 e. The third-order valence-corrected chi connectivity index (χ3v) is 5.97. The first kappa shape index (κ1) is 28.3. The SMILES string of the molecule is O=C(NCCC[C@@H](O)[C@@H]1C[C@@H](O)CN1C(=O)OCc1ccc([N+](=O)[O-])cc1)OCc1ccc([N+](=O)[O-])cc1. The van der Waals surface area contributed by atoms with E-state index in [4.69, 9.17) is 9.47 Å². The summed E-state index contributed by atoms with van der Waals surface area (Å²) in [5.74, 6) is 0. The van der Waals surface area contributed by atoms with Crippen molar-refractivity contribution in [2.75, 3.05) is 13.1 Å². The molecule has 1 saturated heterocycles. The number of nitrogens with zero attached hydrogens (tertiary/aromatic N) is 3. The fraction of sp³-hybridized carbons (Fsp3) is 0.417. The minimum atomic E-state index is -0.975. The average Bonchev–Trinajstić information content (AvgIpc) is 3.30. The van der Waals surface area contributed by atoms with Gasteiger partial charge in [-0.05, 0) is 54.7 Å². The average molecular weight is 533 g/mol. The number of nitrogens with one attached hydrogen (secondary N) is 1. The molecule has 0 spiro atoms. The van der Waals surface area contributed by atoms with Crippen LogP contribution >= 0.6 is 0 Å². The number of aliphatic hydroxyl groups is 2. The van der Waals surface area contributed by atoms with E-state index in [1.54, 1.807) is 0 Å². The van der Waals surface area contributed by atoms with Gasteiger partial charge in [-0.25, -0.2) is 9.59 Å². The minimum absolute atomic E-state index is 0.00591. The normalized spacial score (nSPS) is 17.5. The van der Waals surface area contributed by atoms with Crippen LogP contribution in [0.25, 0.3) is 0 Å². The van der Waals surface area contributed by atoms with Gasteiger partial charge in [0.05, 0.1) is 34.6 Å². The fourth-order valence-corrected chi connectivity index (χ4v) is 3.97. The standard InChI is InChI=1S/C24H28N4O10/c29-20-12-21(26(13-20)24(32)38-15-17-5-9-19(10-6-17)28(35)36)22(30)2-1-11-25-23(31)37-14-16-3-7-18(8-4-16)27(33)34/h3-10,20-22,29-30H,1-2,11-15H2,(H,25,31)/t20-,21+,22-/m1/s1. The fourth-order valence-electron chi connectivity index (χ4n) is 3.97. The van der Waals surface area contributed by atoms with Gasteiger partial charge in [0.25, 0.3) is 11.4 Å². The van der Waals surface area contributed by atoms with Crippen LogP contribution in [0.2, 0.25) is 0 Å². The number of carbonyl (C=O) groups excluding carboxylic acids is 2. The molecule has 1 aliphatic heterocycles. The molecule has 2 aromatic carbocycles. The Morgan fingerprint density at radius 1 is 0.974 bits per heavy atom. The van der Waals surface area contributed by atoms with E-state index in [0.717, 1.165) is 0 Å². The Hall–Kier alpha value is -4.30. The zero-order valence-electron chi connectivity index (χ0n) is 20.3. The number of benzene rings is 2. The van der Waals surface area contributed by atoms with Gasteiger partial charge < -0.3 is 25.0 Å². The molecule has 0 bridgehead atoms. The second kappa shape index (κ2) is 13.3. The van der Waals surface area contributed by atoms with Crippen molar-refractivity contribution < 1.29 is 39.1 Å². The zero-order chi connectivity index (χ0) is 27.7. The number of hydrogen-bond donors (Lipinski definition) is 3. The number of ether oxygens (including phenoxy) is 2. The molecule has 2 aromatic rings. The van der Waals surface area contributed by atoms with Gasteiger partial charge in [0.2, 0.25) is 0 Å². The van der Waals surface area contributed by atoms with Crippen LogP contribution in [0.4, 0.5) is 21.0 Å². The molecule has 14 nitrogen and oxygen atoms in total. The highest BCUT2D eigenvalue weighted by Gasteiger charge is 2.39. The van der Waals surface area contributed by atoms with Crippen LogP contribution < -0.4 is 5.32 Å². The van der Waals surface area contributed by atoms with Crippen LogP contribution in [-0.4, -0.2) is 68.5 Å². The van der Waals surface area contributed by atoms with Gasteiger partial charge >= 0.3 is 12.2 Å². The number of non-ortho nitro benzene ring substituents is 2. The number of β-amino-alcohol motifs (C(OH)–C–C–N with tert-alkyl or cyclic N) is 1. The van der Waals surface area contributed by atoms with E-state index >= 15 is 0 Å². The molecular weight excluding hydrogens is 504 g/mol. The maximum atomic E-state index is 12.6. The number of aliphatic hydroxyl groups excluding tert-OH is 2. The molecule has 204 valence electrons. The summed E-state index contributed by atoms with van der Waals surface area (Å²) in [6, 6.07) is 10.5. The van der Waals surface area contributed by atoms with E-state index in [1.807, 2.05) is 0 Å². The van der Waals surface area contributed by atoms with Gasteiger partial charge in [0, 0.05) is 30.8 Å². The van der Waals surface area contributed by atoms with Crippen LogP contribution in [0, 0.1) is 20.2 Å². The van der Waals surface area contributed by atoms with Crippen molar-refractivity contribution in [1.82, 2.24) is 10.2 Å². The molecule has 3 N–H and O–H groups in total. The van der Waals surface area contributed by atoms with E-state index in [-0.39, 0.29) is 50.5 Å². The molecule has 2 amide bonds. The summed E-state index contributed by atoms with van der Waals surface area (Å²) in [4.78, 5) is 46.1. The van der Waals surface area contributed by atoms with E-state index in [0.29, 0.717) is 17.5 Å². The molecule has 14 heteroatoms. The number of carbonyl (C=O) groups is 2. The third kappa shape index (κ3) is 8.11. The summed E-state index contributed by atoms with van der Waals surface area (Å²) in [7, 11) is 0. The number of nitro benzene ring substituents is 2. The van der Waals surface area contributed by atoms with E-state index < -0.39 is 40.3 Å². The maximum absolute atomic E-state index is 12.6. The molecule has 0 unspecified atom stereocenters. The van der Waals surface area contributed by atoms with Gasteiger partial charge in [-0.3, -0.25) is 25.1 Å². The molecule has 1 heterocycles. The Bertz CT molecular complexity index is 1130. The summed E-state index contributed by atoms with van der Waals surface area (Å²) in [5.41, 5.74) is 0.981. The van der Waals surface area contributed by atoms with Crippen molar-refractivity contribution in [2.45, 2.75) is 50.7 Å². The lowest BCUT2D eigenvalue weighted by molar-refractivity contribution is -0.385. The Labute approximate surface area is 217 Å². The number of hydrogen-bond acceptors (Lipinski definition) is 10. The lowest BCUT2D eigenvalue weighted by Crippen LogP contribution is -2.43. The molecule has 0 radical (unpaired) electrons. The molecule has 1 fully saturated rings. The van der Waals surface area contributed by atoms with E-state index in [2.05, 4.69) is 5.32 Å². The second-order valence-corrected chi connectivity index (χ2v) is 8.72. The quantitative estimate of drug-likeness (QED) is 0.220. The Morgan fingerprint density at radius 3 is 2.03 bits per heavy atom. The first-order chi connectivity index (χ1) is 18.1. The predicted octanol–water partition coefficient (Wildman–Crippen LogP) is 2.64. The monoisotopic (exact) mass is 532 g/mol. The second-order valence-electron chi connectivity index (χ2n) is 8.72. The molecule has 38 heavy (non-hydrogen) atoms. The van der Waals surface area contributed by atoms with Gasteiger partial charge in [0.15, 0.2) is 0 Å². The molecule has 0 aliphatic carbocycles. The number of nitro groups is 2. The van der Waals surface area contributed by atoms with Crippen molar-refractivity contribution in [3.63, 3.8) is 0 Å². The smallest absolute Gasteiger partial charge is 0.410 e. The summed E-state index contributed by atoms with van der Waals surface area (Å²) in [6.45, 7) is -0.00837. The molecule has 0 saturated carbocycles. The lowest BCUT2D eigenvalue weighted by Gasteiger charge is -2.27. The highest BCUT2D eigenvalue weighted by atomic mass is 16.6. The van der Waals surface area contributed by atoms with Gasteiger partial charge in [-0.15, -0.1) is 0 Å². The Balaban J connectivity index is 1.38. The number of likely N-dealkylation sites (tertiary alicyclic amines) is 1. The summed E-state index contributed by atoms with van der Waals surface area (Å²) < 4.78 is 10.3. The van der Waals surface area contributed by atoms with Crippen LogP contribution in [-0.2, 0) is 22.7 Å². The van der Waals surface area contributed by atoms with E-state index in [1.165, 1.54) is 53.4 Å². The first-order valence-electron chi connectivity index (χ1n) is 11.8. The van der Waals surface area contributed by atoms with Crippen molar-refractivity contribution in [2.24, 2.45) is 0 Å². The predicted molar refractivity (Wildman–Crippen MR) is 131 cm³/mol. The highest BCUT2D eigenvalue weighted by Crippen LogP contribution is 2.24. The van der Waals surface area contributed by atoms with Crippen LogP contribution in [0.5, 0.6) is 0 Å². The number of alkyl carbamates (subject to hydrolysis) is 1. The van der Waals surface area contributed by atoms with Crippen LogP contribution in [0.15, 0.2) is 48.5 Å². The van der Waals surface area contributed by atoms with Crippen LogP contribution in [0.3, 0.4) is 0 Å². The lowest BCUT2D eigenvalue weighted by atomic mass is 10.0. The zero-order valence-corrected chi connectivity index (χ0v) is 20.3. The summed E-state index contributed by atoms with van der Waals surface area (Å²) >= 11 is 0. The molecule has 0 aromatic heterocycles. The number of amides is 2. The largest absolute Gasteiger partial charge is 0.445 e. The third-order valence-electron chi connectivity index (χ3n) is 5.97. The summed E-state index contributed by atoms with van der Waals surface area (Å²) in [5, 5.41) is 44.6. The highest BCUT2D eigenvalue weighted by molar-refractivity contribution is 5.69. The van der Waals surface area contributed by atoms with E-state index in [9.17, 15) is 40.0 Å². The van der Waals surface area contributed by atoms with Crippen molar-refractivity contribution in [1.29, 1.82) is 0 Å². The molecule has 3 rings (SSSR count). The van der Waals surface area contributed by atoms with Crippen molar-refractivity contribution >= 4 is 23.6 Å². The Kier molecular flexibility index (Phi) is 9.90. The summed E-state index contributed by atoms with van der Waals surface area (Å²) in [6.07, 6.45) is -2.45. The maximum Gasteiger partial charge on any atom is 0.410 e. The topological polar surface area (TPSA) is 195 Å². The Morgan fingerprint density at radius 2 is 1.50 bits per heavy atom. The van der Waals surface area contributed by atoms with Crippen LogP contribution in [0.1, 0.15) is 30.4 Å². The first-order valence-corrected chi connectivity index (χ1v) is 11.8. The van der Waals surface area contributed by atoms with Gasteiger partial charge in [-0.1, -0.05) is 0 Å². The van der Waals surface area contributed by atoms with Gasteiger partial charge in [-0.2, -0.15) is 0 Å². The number of rotatable bonds is 11. The van der Waals surface area contributed by atoms with Crippen molar-refractivity contribution in [3.8, 4) is 0 Å². The molecule has 3 atom stereocenters. The van der Waals surface area contributed by atoms with Crippen molar-refractivity contribution in [3.05, 3.63) is 79.9 Å². The molecular formula is C24H28N4O10. The molecule has 1 aliphatic rings. The van der Waals surface area contributed by atoms with Gasteiger partial charge in [0.1, 0.15) is 13.2 Å².